The van der Waals surface area contributed by atoms with Crippen molar-refractivity contribution in [2.45, 2.75) is 12.8 Å². The highest BCUT2D eigenvalue weighted by atomic mass is 19.1. The van der Waals surface area contributed by atoms with Crippen LogP contribution in [0.4, 0.5) is 8.78 Å². The maximum Gasteiger partial charge on any atom is 0.245 e. The predicted molar refractivity (Wildman–Crippen MR) is 112 cm³/mol. The van der Waals surface area contributed by atoms with Gasteiger partial charge in [-0.15, -0.1) is 0 Å². The molecule has 3 nitrogen and oxygen atoms in total. The number of rotatable bonds is 3. The minimum Gasteiger partial charge on any atom is -0.339 e. The SMILES string of the molecule is C=CC(=O)N1CCC2(CC1)/C(=C\c1ccc(F)cc1)C(=O)/C2=C/c1ccc(F)cc1. The zero-order valence-corrected chi connectivity index (χ0v) is 16.4. The van der Waals surface area contributed by atoms with Crippen LogP contribution in [0.2, 0.25) is 0 Å². The number of benzene rings is 2. The number of carbonyl (C=O) groups is 2. The Morgan fingerprint density at radius 1 is 0.867 bits per heavy atom. The molecule has 0 bridgehead atoms. The zero-order valence-electron chi connectivity index (χ0n) is 16.4. The normalized spacial score (nSPS) is 20.5. The number of piperidine rings is 1. The Hall–Kier alpha value is -3.34. The van der Waals surface area contributed by atoms with Crippen LogP contribution in [-0.2, 0) is 9.59 Å². The van der Waals surface area contributed by atoms with Gasteiger partial charge < -0.3 is 4.90 Å². The van der Waals surface area contributed by atoms with Gasteiger partial charge in [0.1, 0.15) is 11.6 Å². The minimum absolute atomic E-state index is 0.0628. The van der Waals surface area contributed by atoms with E-state index in [0.29, 0.717) is 37.1 Å². The van der Waals surface area contributed by atoms with Crippen molar-refractivity contribution in [3.05, 3.63) is 95.1 Å². The highest BCUT2D eigenvalue weighted by Gasteiger charge is 2.54. The Morgan fingerprint density at radius 2 is 1.30 bits per heavy atom. The standard InChI is InChI=1S/C25H21F2NO2/c1-2-23(29)28-13-11-25(12-14-28)21(15-17-3-7-19(26)8-4-17)24(30)22(25)16-18-5-9-20(27)10-6-18/h2-10,15-16H,1,11-14H2/b21-15-,22-16-. The molecular weight excluding hydrogens is 384 g/mol. The quantitative estimate of drug-likeness (QED) is 0.688. The van der Waals surface area contributed by atoms with Crippen molar-refractivity contribution < 1.29 is 18.4 Å². The van der Waals surface area contributed by atoms with E-state index < -0.39 is 5.41 Å². The summed E-state index contributed by atoms with van der Waals surface area (Å²) < 4.78 is 26.5. The number of carbonyl (C=O) groups excluding carboxylic acids is 2. The molecule has 30 heavy (non-hydrogen) atoms. The van der Waals surface area contributed by atoms with Crippen molar-refractivity contribution in [1.29, 1.82) is 0 Å². The fourth-order valence-electron chi connectivity index (χ4n) is 4.30. The van der Waals surface area contributed by atoms with E-state index in [9.17, 15) is 18.4 Å². The maximum atomic E-state index is 13.3. The van der Waals surface area contributed by atoms with E-state index in [0.717, 1.165) is 11.1 Å². The molecule has 1 aliphatic heterocycles. The second-order valence-electron chi connectivity index (χ2n) is 7.66. The lowest BCUT2D eigenvalue weighted by atomic mass is 9.54. The average Bonchev–Trinajstić information content (AvgIpc) is 2.77. The van der Waals surface area contributed by atoms with Gasteiger partial charge in [0, 0.05) is 29.7 Å². The van der Waals surface area contributed by atoms with Crippen molar-refractivity contribution >= 4 is 23.8 Å². The summed E-state index contributed by atoms with van der Waals surface area (Å²) in [6, 6.07) is 12.0. The highest BCUT2D eigenvalue weighted by molar-refractivity contribution is 6.23. The van der Waals surface area contributed by atoms with E-state index in [1.165, 1.54) is 30.3 Å². The topological polar surface area (TPSA) is 37.4 Å². The smallest absolute Gasteiger partial charge is 0.245 e. The van der Waals surface area contributed by atoms with Crippen molar-refractivity contribution in [2.75, 3.05) is 13.1 Å². The third kappa shape index (κ3) is 3.52. The second-order valence-corrected chi connectivity index (χ2v) is 7.66. The second kappa shape index (κ2) is 7.82. The Bertz CT molecular complexity index is 990. The lowest BCUT2D eigenvalue weighted by Crippen LogP contribution is -2.52. The summed E-state index contributed by atoms with van der Waals surface area (Å²) in [4.78, 5) is 26.8. The van der Waals surface area contributed by atoms with E-state index in [1.54, 1.807) is 29.2 Å². The molecule has 152 valence electrons. The molecule has 0 radical (unpaired) electrons. The van der Waals surface area contributed by atoms with Crippen molar-refractivity contribution in [1.82, 2.24) is 4.90 Å². The van der Waals surface area contributed by atoms with Gasteiger partial charge in [0.25, 0.3) is 0 Å². The van der Waals surface area contributed by atoms with Gasteiger partial charge in [0.2, 0.25) is 5.91 Å². The first-order valence-corrected chi connectivity index (χ1v) is 9.84. The van der Waals surface area contributed by atoms with E-state index in [-0.39, 0.29) is 23.3 Å². The highest BCUT2D eigenvalue weighted by Crippen LogP contribution is 2.56. The molecule has 1 amide bonds. The zero-order chi connectivity index (χ0) is 21.3. The summed E-state index contributed by atoms with van der Waals surface area (Å²) in [5.74, 6) is -0.851. The summed E-state index contributed by atoms with van der Waals surface area (Å²) in [7, 11) is 0. The van der Waals surface area contributed by atoms with Crippen molar-refractivity contribution in [3.8, 4) is 0 Å². The van der Waals surface area contributed by atoms with Gasteiger partial charge in [-0.2, -0.15) is 0 Å². The molecule has 2 fully saturated rings. The first-order valence-electron chi connectivity index (χ1n) is 9.84. The van der Waals surface area contributed by atoms with Gasteiger partial charge in [-0.05, 0) is 66.5 Å². The van der Waals surface area contributed by atoms with Crippen LogP contribution in [0.1, 0.15) is 24.0 Å². The Kier molecular flexibility index (Phi) is 5.20. The molecule has 2 aliphatic rings. The fraction of sp³-hybridized carbons (Fsp3) is 0.200. The van der Waals surface area contributed by atoms with Crippen LogP contribution in [0, 0.1) is 17.0 Å². The summed E-state index contributed by atoms with van der Waals surface area (Å²) in [5, 5.41) is 0. The molecule has 0 atom stereocenters. The summed E-state index contributed by atoms with van der Waals surface area (Å²) in [6.07, 6.45) is 6.15. The molecule has 0 aromatic heterocycles. The molecule has 0 N–H and O–H groups in total. The maximum absolute atomic E-state index is 13.3. The van der Waals surface area contributed by atoms with Gasteiger partial charge in [-0.3, -0.25) is 9.59 Å². The molecule has 2 aromatic rings. The van der Waals surface area contributed by atoms with E-state index in [2.05, 4.69) is 6.58 Å². The van der Waals surface area contributed by atoms with Crippen LogP contribution >= 0.6 is 0 Å². The Balaban J connectivity index is 1.71. The average molecular weight is 405 g/mol. The first kappa shape index (κ1) is 20.0. The molecule has 1 saturated carbocycles. The molecular formula is C25H21F2NO2. The third-order valence-corrected chi connectivity index (χ3v) is 5.99. The molecule has 1 spiro atoms. The number of likely N-dealkylation sites (tertiary alicyclic amines) is 1. The van der Waals surface area contributed by atoms with Gasteiger partial charge in [-0.25, -0.2) is 8.78 Å². The van der Waals surface area contributed by atoms with Gasteiger partial charge in [0.05, 0.1) is 0 Å². The fourth-order valence-corrected chi connectivity index (χ4v) is 4.30. The van der Waals surface area contributed by atoms with Crippen molar-refractivity contribution in [2.24, 2.45) is 5.41 Å². The number of nitrogens with zero attached hydrogens (tertiary/aromatic N) is 1. The number of amides is 1. The van der Waals surface area contributed by atoms with E-state index in [1.807, 2.05) is 12.2 Å². The molecule has 2 aromatic carbocycles. The van der Waals surface area contributed by atoms with Crippen LogP contribution in [0.15, 0.2) is 72.3 Å². The minimum atomic E-state index is -0.474. The lowest BCUT2D eigenvalue weighted by Gasteiger charge is -2.50. The Morgan fingerprint density at radius 3 is 1.70 bits per heavy atom. The monoisotopic (exact) mass is 405 g/mol. The molecule has 0 unspecified atom stereocenters. The van der Waals surface area contributed by atoms with Crippen LogP contribution in [0.25, 0.3) is 12.2 Å². The molecule has 4 rings (SSSR count). The molecule has 1 saturated heterocycles. The number of hydrogen-bond donors (Lipinski definition) is 0. The molecule has 1 heterocycles. The molecule has 1 aliphatic carbocycles. The van der Waals surface area contributed by atoms with Crippen molar-refractivity contribution in [3.63, 3.8) is 0 Å². The number of hydrogen-bond acceptors (Lipinski definition) is 2. The van der Waals surface area contributed by atoms with Gasteiger partial charge >= 0.3 is 0 Å². The van der Waals surface area contributed by atoms with Crippen LogP contribution in [0.3, 0.4) is 0 Å². The molecule has 5 heteroatoms. The predicted octanol–water partition coefficient (Wildman–Crippen LogP) is 4.81. The number of allylic oxidation sites excluding steroid dienone is 2. The van der Waals surface area contributed by atoms with Crippen LogP contribution in [0.5, 0.6) is 0 Å². The number of ketones is 1. The summed E-state index contributed by atoms with van der Waals surface area (Å²) in [6.45, 7) is 4.57. The summed E-state index contributed by atoms with van der Waals surface area (Å²) >= 11 is 0. The first-order chi connectivity index (χ1) is 14.4. The summed E-state index contributed by atoms with van der Waals surface area (Å²) in [5.41, 5.74) is 2.38. The van der Waals surface area contributed by atoms with Crippen LogP contribution in [-0.4, -0.2) is 29.7 Å². The van der Waals surface area contributed by atoms with Crippen LogP contribution < -0.4 is 0 Å². The largest absolute Gasteiger partial charge is 0.339 e. The van der Waals surface area contributed by atoms with Gasteiger partial charge in [-0.1, -0.05) is 30.8 Å². The van der Waals surface area contributed by atoms with E-state index >= 15 is 0 Å². The third-order valence-electron chi connectivity index (χ3n) is 5.99. The number of Topliss-reactive ketones (excluding diaryl/α,β-unsaturated/α-hetero) is 1. The van der Waals surface area contributed by atoms with E-state index in [4.69, 9.17) is 0 Å². The Labute approximate surface area is 174 Å². The number of halogens is 2. The van der Waals surface area contributed by atoms with Gasteiger partial charge in [0.15, 0.2) is 5.78 Å². The lowest BCUT2D eigenvalue weighted by molar-refractivity contribution is -0.128.